The highest BCUT2D eigenvalue weighted by atomic mass is 35.5. The molecule has 2 aromatic rings. The molecule has 2 rings (SSSR count). The average Bonchev–Trinajstić information content (AvgIpc) is 2.73. The van der Waals surface area contributed by atoms with Gasteiger partial charge in [0.05, 0.1) is 0 Å². The van der Waals surface area contributed by atoms with Crippen LogP contribution in [0.4, 0.5) is 0 Å². The molecule has 0 saturated heterocycles. The van der Waals surface area contributed by atoms with Gasteiger partial charge in [-0.3, -0.25) is 0 Å². The van der Waals surface area contributed by atoms with Crippen LogP contribution in [0.5, 0.6) is 0 Å². The first-order chi connectivity index (χ1) is 8.25. The summed E-state index contributed by atoms with van der Waals surface area (Å²) in [5.74, 6) is 1.05. The summed E-state index contributed by atoms with van der Waals surface area (Å²) in [6, 6.07) is 8.03. The van der Waals surface area contributed by atoms with Gasteiger partial charge >= 0.3 is 0 Å². The van der Waals surface area contributed by atoms with E-state index in [1.807, 2.05) is 23.7 Å². The zero-order valence-electron chi connectivity index (χ0n) is 9.64. The quantitative estimate of drug-likeness (QED) is 0.616. The van der Waals surface area contributed by atoms with Crippen molar-refractivity contribution in [2.45, 2.75) is 18.0 Å². The van der Waals surface area contributed by atoms with Crippen molar-refractivity contribution in [3.8, 4) is 0 Å². The van der Waals surface area contributed by atoms with E-state index in [1.165, 1.54) is 5.56 Å². The van der Waals surface area contributed by atoms with Gasteiger partial charge in [-0.1, -0.05) is 35.5 Å². The number of hydrogen-bond donors (Lipinski definition) is 0. The maximum Gasteiger partial charge on any atom is 0.190 e. The van der Waals surface area contributed by atoms with Crippen LogP contribution in [-0.2, 0) is 13.5 Å². The molecule has 0 N–H and O–H groups in total. The van der Waals surface area contributed by atoms with Crippen molar-refractivity contribution >= 4 is 23.4 Å². The number of halogens is 1. The molecule has 0 aliphatic carbocycles. The van der Waals surface area contributed by atoms with Crippen LogP contribution < -0.4 is 0 Å². The van der Waals surface area contributed by atoms with Crippen molar-refractivity contribution in [2.24, 2.45) is 7.05 Å². The van der Waals surface area contributed by atoms with E-state index in [0.29, 0.717) is 0 Å². The first kappa shape index (κ1) is 12.5. The van der Waals surface area contributed by atoms with Gasteiger partial charge in [-0.15, -0.1) is 10.2 Å². The van der Waals surface area contributed by atoms with Crippen LogP contribution in [0.3, 0.4) is 0 Å². The van der Waals surface area contributed by atoms with Crippen LogP contribution in [0.2, 0.25) is 5.02 Å². The normalized spacial score (nSPS) is 10.7. The third-order valence-electron chi connectivity index (χ3n) is 2.42. The van der Waals surface area contributed by atoms with Gasteiger partial charge in [0, 0.05) is 17.8 Å². The topological polar surface area (TPSA) is 30.7 Å². The second kappa shape index (κ2) is 6.07. The van der Waals surface area contributed by atoms with Crippen LogP contribution in [-0.4, -0.2) is 20.5 Å². The van der Waals surface area contributed by atoms with Gasteiger partial charge in [0.15, 0.2) is 5.16 Å². The summed E-state index contributed by atoms with van der Waals surface area (Å²) in [5, 5.41) is 9.64. The number of aromatic nitrogens is 3. The fourth-order valence-corrected chi connectivity index (χ4v) is 2.45. The molecule has 0 unspecified atom stereocenters. The molecule has 0 aliphatic heterocycles. The lowest BCUT2D eigenvalue weighted by atomic mass is 10.1. The molecule has 90 valence electrons. The van der Waals surface area contributed by atoms with Gasteiger partial charge in [-0.2, -0.15) is 0 Å². The zero-order chi connectivity index (χ0) is 12.1. The molecule has 1 heterocycles. The summed E-state index contributed by atoms with van der Waals surface area (Å²) in [4.78, 5) is 0. The summed E-state index contributed by atoms with van der Waals surface area (Å²) < 4.78 is 1.94. The average molecular weight is 268 g/mol. The number of rotatable bonds is 5. The Morgan fingerprint density at radius 1 is 1.29 bits per heavy atom. The molecule has 0 fully saturated rings. The molecule has 0 spiro atoms. The highest BCUT2D eigenvalue weighted by molar-refractivity contribution is 7.99. The highest BCUT2D eigenvalue weighted by Gasteiger charge is 2.01. The lowest BCUT2D eigenvalue weighted by Crippen LogP contribution is -1.92. The van der Waals surface area contributed by atoms with Crippen molar-refractivity contribution in [1.82, 2.24) is 14.8 Å². The standard InChI is InChI=1S/C12H14ClN3S/c1-16-9-14-15-12(16)17-8-2-3-10-4-6-11(13)7-5-10/h4-7,9H,2-3,8H2,1H3. The van der Waals surface area contributed by atoms with E-state index in [-0.39, 0.29) is 0 Å². The van der Waals surface area contributed by atoms with Gasteiger partial charge in [-0.25, -0.2) is 0 Å². The maximum absolute atomic E-state index is 5.84. The van der Waals surface area contributed by atoms with Crippen molar-refractivity contribution < 1.29 is 0 Å². The Hall–Kier alpha value is -1.00. The number of aryl methyl sites for hydroxylation is 2. The number of hydrogen-bond acceptors (Lipinski definition) is 3. The smallest absolute Gasteiger partial charge is 0.190 e. The largest absolute Gasteiger partial charge is 0.312 e. The molecular formula is C12H14ClN3S. The third-order valence-corrected chi connectivity index (χ3v) is 3.80. The Balaban J connectivity index is 1.73. The highest BCUT2D eigenvalue weighted by Crippen LogP contribution is 2.16. The zero-order valence-corrected chi connectivity index (χ0v) is 11.2. The Labute approximate surface area is 110 Å². The fraction of sp³-hybridized carbons (Fsp3) is 0.333. The molecule has 0 aliphatic rings. The van der Waals surface area contributed by atoms with E-state index >= 15 is 0 Å². The molecule has 0 saturated carbocycles. The summed E-state index contributed by atoms with van der Waals surface area (Å²) in [7, 11) is 1.96. The molecule has 0 radical (unpaired) electrons. The minimum atomic E-state index is 0.794. The van der Waals surface area contributed by atoms with Crippen LogP contribution in [0.1, 0.15) is 12.0 Å². The van der Waals surface area contributed by atoms with E-state index in [2.05, 4.69) is 22.3 Å². The molecule has 0 bridgehead atoms. The Morgan fingerprint density at radius 3 is 2.71 bits per heavy atom. The third kappa shape index (κ3) is 3.75. The lowest BCUT2D eigenvalue weighted by Gasteiger charge is -2.02. The predicted octanol–water partition coefficient (Wildman–Crippen LogP) is 3.19. The van der Waals surface area contributed by atoms with Crippen LogP contribution in [0.25, 0.3) is 0 Å². The van der Waals surface area contributed by atoms with Gasteiger partial charge in [0.1, 0.15) is 6.33 Å². The molecular weight excluding hydrogens is 254 g/mol. The van der Waals surface area contributed by atoms with Crippen molar-refractivity contribution in [3.05, 3.63) is 41.2 Å². The monoisotopic (exact) mass is 267 g/mol. The van der Waals surface area contributed by atoms with Crippen LogP contribution in [0, 0.1) is 0 Å². The molecule has 17 heavy (non-hydrogen) atoms. The fourth-order valence-electron chi connectivity index (χ4n) is 1.49. The molecule has 3 nitrogen and oxygen atoms in total. The number of nitrogens with zero attached hydrogens (tertiary/aromatic N) is 3. The van der Waals surface area contributed by atoms with Gasteiger partial charge in [0.2, 0.25) is 0 Å². The van der Waals surface area contributed by atoms with Crippen LogP contribution >= 0.6 is 23.4 Å². The first-order valence-corrected chi connectivity index (χ1v) is 6.83. The molecule has 1 aromatic carbocycles. The van der Waals surface area contributed by atoms with Gasteiger partial charge in [0.25, 0.3) is 0 Å². The van der Waals surface area contributed by atoms with E-state index < -0.39 is 0 Å². The van der Waals surface area contributed by atoms with Crippen molar-refractivity contribution in [1.29, 1.82) is 0 Å². The molecule has 0 atom stereocenters. The second-order valence-corrected chi connectivity index (χ2v) is 5.30. The van der Waals surface area contributed by atoms with E-state index in [0.717, 1.165) is 28.8 Å². The van der Waals surface area contributed by atoms with Crippen LogP contribution in [0.15, 0.2) is 35.7 Å². The Kier molecular flexibility index (Phi) is 4.45. The summed E-state index contributed by atoms with van der Waals surface area (Å²) >= 11 is 7.58. The number of thioether (sulfide) groups is 1. The van der Waals surface area contributed by atoms with E-state index in [4.69, 9.17) is 11.6 Å². The first-order valence-electron chi connectivity index (χ1n) is 5.47. The molecule has 0 amide bonds. The SMILES string of the molecule is Cn1cnnc1SCCCc1ccc(Cl)cc1. The van der Waals surface area contributed by atoms with Crippen molar-refractivity contribution in [3.63, 3.8) is 0 Å². The second-order valence-electron chi connectivity index (χ2n) is 3.80. The molecule has 5 heteroatoms. The van der Waals surface area contributed by atoms with E-state index in [9.17, 15) is 0 Å². The lowest BCUT2D eigenvalue weighted by molar-refractivity contribution is 0.786. The summed E-state index contributed by atoms with van der Waals surface area (Å²) in [6.07, 6.45) is 3.92. The predicted molar refractivity (Wildman–Crippen MR) is 71.5 cm³/mol. The summed E-state index contributed by atoms with van der Waals surface area (Å²) in [6.45, 7) is 0. The minimum Gasteiger partial charge on any atom is -0.312 e. The van der Waals surface area contributed by atoms with Gasteiger partial charge < -0.3 is 4.57 Å². The molecule has 1 aromatic heterocycles. The van der Waals surface area contributed by atoms with Gasteiger partial charge in [-0.05, 0) is 30.5 Å². The van der Waals surface area contributed by atoms with Crippen molar-refractivity contribution in [2.75, 3.05) is 5.75 Å². The van der Waals surface area contributed by atoms with E-state index in [1.54, 1.807) is 18.1 Å². The Morgan fingerprint density at radius 2 is 2.06 bits per heavy atom. The Bertz CT molecular complexity index is 467. The summed E-state index contributed by atoms with van der Waals surface area (Å²) in [5.41, 5.74) is 1.33. The number of benzene rings is 1. The maximum atomic E-state index is 5.84. The minimum absolute atomic E-state index is 0.794.